The van der Waals surface area contributed by atoms with Crippen molar-refractivity contribution in [3.8, 4) is 6.07 Å². The van der Waals surface area contributed by atoms with Crippen LogP contribution in [-0.2, 0) is 0 Å². The van der Waals surface area contributed by atoms with Gasteiger partial charge in [-0.25, -0.2) is 4.39 Å². The third kappa shape index (κ3) is 2.24. The lowest BCUT2D eigenvalue weighted by Gasteiger charge is -2.02. The van der Waals surface area contributed by atoms with Crippen LogP contribution in [0, 0.1) is 24.1 Å². The van der Waals surface area contributed by atoms with Crippen LogP contribution >= 0.6 is 0 Å². The number of halogens is 1. The van der Waals surface area contributed by atoms with Gasteiger partial charge in [-0.15, -0.1) is 0 Å². The summed E-state index contributed by atoms with van der Waals surface area (Å²) in [6.45, 7) is 2.00. The van der Waals surface area contributed by atoms with Crippen LogP contribution in [0.2, 0.25) is 0 Å². The standard InChI is InChI=1S/C9H9FN2/c1-7-4-8(10)6-9(5-7)12-3-2-11/h4-6,12H,3H2,1H3. The number of nitrogens with one attached hydrogen (secondary N) is 1. The number of benzene rings is 1. The second-order valence-corrected chi connectivity index (χ2v) is 2.53. The van der Waals surface area contributed by atoms with Gasteiger partial charge in [0.1, 0.15) is 12.4 Å². The van der Waals surface area contributed by atoms with Gasteiger partial charge in [-0.2, -0.15) is 5.26 Å². The Hall–Kier alpha value is -1.56. The highest BCUT2D eigenvalue weighted by Crippen LogP contribution is 2.12. The Bertz CT molecular complexity index is 295. The SMILES string of the molecule is Cc1cc(F)cc(NCC#N)c1. The third-order valence-corrected chi connectivity index (χ3v) is 1.41. The summed E-state index contributed by atoms with van der Waals surface area (Å²) in [6.07, 6.45) is 0. The number of aryl methyl sites for hydroxylation is 1. The molecule has 0 aromatic heterocycles. The molecular formula is C9H9FN2. The van der Waals surface area contributed by atoms with Gasteiger partial charge in [-0.1, -0.05) is 0 Å². The topological polar surface area (TPSA) is 35.8 Å². The normalized spacial score (nSPS) is 9.08. The number of anilines is 1. The Kier molecular flexibility index (Phi) is 2.65. The Labute approximate surface area is 70.6 Å². The molecule has 2 nitrogen and oxygen atoms in total. The van der Waals surface area contributed by atoms with E-state index in [2.05, 4.69) is 5.32 Å². The van der Waals surface area contributed by atoms with E-state index < -0.39 is 0 Å². The maximum Gasteiger partial charge on any atom is 0.125 e. The molecule has 0 atom stereocenters. The predicted octanol–water partition coefficient (Wildman–Crippen LogP) is 2.07. The average Bonchev–Trinajstić information content (AvgIpc) is 1.99. The van der Waals surface area contributed by atoms with Crippen LogP contribution < -0.4 is 5.32 Å². The number of hydrogen-bond donors (Lipinski definition) is 1. The summed E-state index contributed by atoms with van der Waals surface area (Å²) in [7, 11) is 0. The maximum absolute atomic E-state index is 12.7. The molecule has 0 spiro atoms. The molecule has 0 saturated heterocycles. The highest BCUT2D eigenvalue weighted by atomic mass is 19.1. The van der Waals surface area contributed by atoms with E-state index in [-0.39, 0.29) is 12.4 Å². The molecule has 0 saturated carbocycles. The lowest BCUT2D eigenvalue weighted by atomic mass is 10.2. The van der Waals surface area contributed by atoms with Gasteiger partial charge in [0.25, 0.3) is 0 Å². The smallest absolute Gasteiger partial charge is 0.125 e. The first-order chi connectivity index (χ1) is 5.72. The van der Waals surface area contributed by atoms with E-state index in [0.29, 0.717) is 5.69 Å². The first-order valence-corrected chi connectivity index (χ1v) is 3.60. The summed E-state index contributed by atoms with van der Waals surface area (Å²) in [4.78, 5) is 0. The summed E-state index contributed by atoms with van der Waals surface area (Å²) in [5.41, 5.74) is 1.49. The molecule has 0 fully saturated rings. The third-order valence-electron chi connectivity index (χ3n) is 1.41. The van der Waals surface area contributed by atoms with Gasteiger partial charge < -0.3 is 5.32 Å². The quantitative estimate of drug-likeness (QED) is 0.679. The zero-order valence-electron chi connectivity index (χ0n) is 6.76. The van der Waals surface area contributed by atoms with Gasteiger partial charge in [0.15, 0.2) is 0 Å². The maximum atomic E-state index is 12.7. The zero-order valence-corrected chi connectivity index (χ0v) is 6.76. The Balaban J connectivity index is 2.80. The minimum atomic E-state index is -0.282. The fourth-order valence-corrected chi connectivity index (χ4v) is 0.980. The summed E-state index contributed by atoms with van der Waals surface area (Å²) in [6, 6.07) is 6.52. The van der Waals surface area contributed by atoms with Gasteiger partial charge in [0, 0.05) is 5.69 Å². The highest BCUT2D eigenvalue weighted by molar-refractivity contribution is 5.46. The van der Waals surface area contributed by atoms with Crippen molar-refractivity contribution in [2.24, 2.45) is 0 Å². The summed E-state index contributed by atoms with van der Waals surface area (Å²) >= 11 is 0. The number of nitriles is 1. The Morgan fingerprint density at radius 3 is 2.83 bits per heavy atom. The van der Waals surface area contributed by atoms with E-state index in [1.54, 1.807) is 13.0 Å². The second-order valence-electron chi connectivity index (χ2n) is 2.53. The molecule has 0 aliphatic rings. The molecule has 1 N–H and O–H groups in total. The minimum Gasteiger partial charge on any atom is -0.372 e. The van der Waals surface area contributed by atoms with Crippen LogP contribution in [0.15, 0.2) is 18.2 Å². The molecular weight excluding hydrogens is 155 g/mol. The monoisotopic (exact) mass is 164 g/mol. The van der Waals surface area contributed by atoms with Crippen molar-refractivity contribution in [2.45, 2.75) is 6.92 Å². The Morgan fingerprint density at radius 2 is 2.25 bits per heavy atom. The van der Waals surface area contributed by atoms with Crippen LogP contribution in [0.4, 0.5) is 10.1 Å². The van der Waals surface area contributed by atoms with E-state index in [0.717, 1.165) is 5.56 Å². The number of rotatable bonds is 2. The van der Waals surface area contributed by atoms with Crippen molar-refractivity contribution in [2.75, 3.05) is 11.9 Å². The fourth-order valence-electron chi connectivity index (χ4n) is 0.980. The minimum absolute atomic E-state index is 0.197. The van der Waals surface area contributed by atoms with E-state index in [1.807, 2.05) is 6.07 Å². The molecule has 0 radical (unpaired) electrons. The Morgan fingerprint density at radius 1 is 1.50 bits per heavy atom. The predicted molar refractivity (Wildman–Crippen MR) is 45.2 cm³/mol. The summed E-state index contributed by atoms with van der Waals surface area (Å²) < 4.78 is 12.7. The van der Waals surface area contributed by atoms with Gasteiger partial charge in [0.05, 0.1) is 6.07 Å². The molecule has 0 aliphatic heterocycles. The van der Waals surface area contributed by atoms with Crippen LogP contribution in [0.25, 0.3) is 0 Å². The molecule has 0 heterocycles. The zero-order chi connectivity index (χ0) is 8.97. The molecule has 0 aliphatic carbocycles. The molecule has 1 aromatic rings. The highest BCUT2D eigenvalue weighted by Gasteiger charge is 1.95. The van der Waals surface area contributed by atoms with Crippen LogP contribution in [-0.4, -0.2) is 6.54 Å². The van der Waals surface area contributed by atoms with Crippen molar-refractivity contribution in [3.05, 3.63) is 29.6 Å². The second kappa shape index (κ2) is 3.72. The molecule has 1 aromatic carbocycles. The van der Waals surface area contributed by atoms with E-state index in [1.165, 1.54) is 12.1 Å². The van der Waals surface area contributed by atoms with Gasteiger partial charge in [-0.05, 0) is 30.7 Å². The molecule has 0 unspecified atom stereocenters. The summed E-state index contributed by atoms with van der Waals surface area (Å²) in [5.74, 6) is -0.282. The van der Waals surface area contributed by atoms with Gasteiger partial charge in [0.2, 0.25) is 0 Å². The van der Waals surface area contributed by atoms with Crippen molar-refractivity contribution < 1.29 is 4.39 Å². The molecule has 0 amide bonds. The van der Waals surface area contributed by atoms with Crippen LogP contribution in [0.5, 0.6) is 0 Å². The molecule has 3 heteroatoms. The number of hydrogen-bond acceptors (Lipinski definition) is 2. The number of nitrogens with zero attached hydrogens (tertiary/aromatic N) is 1. The van der Waals surface area contributed by atoms with E-state index in [9.17, 15) is 4.39 Å². The summed E-state index contributed by atoms with van der Waals surface area (Å²) in [5, 5.41) is 11.0. The fraction of sp³-hybridized carbons (Fsp3) is 0.222. The molecule has 62 valence electrons. The average molecular weight is 164 g/mol. The molecule has 1 rings (SSSR count). The first kappa shape index (κ1) is 8.54. The molecule has 0 bridgehead atoms. The van der Waals surface area contributed by atoms with Crippen LogP contribution in [0.1, 0.15) is 5.56 Å². The van der Waals surface area contributed by atoms with Gasteiger partial charge >= 0.3 is 0 Å². The van der Waals surface area contributed by atoms with E-state index >= 15 is 0 Å². The lowest BCUT2D eigenvalue weighted by molar-refractivity contribution is 0.627. The van der Waals surface area contributed by atoms with Crippen molar-refractivity contribution >= 4 is 5.69 Å². The van der Waals surface area contributed by atoms with Crippen molar-refractivity contribution in [1.82, 2.24) is 0 Å². The lowest BCUT2D eigenvalue weighted by Crippen LogP contribution is -1.98. The molecule has 12 heavy (non-hydrogen) atoms. The van der Waals surface area contributed by atoms with Crippen molar-refractivity contribution in [3.63, 3.8) is 0 Å². The van der Waals surface area contributed by atoms with E-state index in [4.69, 9.17) is 5.26 Å². The van der Waals surface area contributed by atoms with Crippen molar-refractivity contribution in [1.29, 1.82) is 5.26 Å². The largest absolute Gasteiger partial charge is 0.372 e. The van der Waals surface area contributed by atoms with Crippen LogP contribution in [0.3, 0.4) is 0 Å². The van der Waals surface area contributed by atoms with Gasteiger partial charge in [-0.3, -0.25) is 0 Å². The first-order valence-electron chi connectivity index (χ1n) is 3.60.